The molecule has 2 aromatic carbocycles. The molecule has 0 unspecified atom stereocenters. The zero-order valence-electron chi connectivity index (χ0n) is 11.0. The number of ether oxygens (including phenoxy) is 1. The van der Waals surface area contributed by atoms with Crippen LogP contribution in [-0.4, -0.2) is 6.29 Å². The van der Waals surface area contributed by atoms with Crippen molar-refractivity contribution in [1.29, 1.82) is 0 Å². The zero-order chi connectivity index (χ0) is 13.2. The minimum Gasteiger partial charge on any atom is -0.457 e. The number of rotatable bonds is 3. The fourth-order valence-corrected chi connectivity index (χ4v) is 2.54. The molecule has 19 heavy (non-hydrogen) atoms. The second-order valence-corrected chi connectivity index (χ2v) is 5.03. The van der Waals surface area contributed by atoms with Crippen LogP contribution in [0.3, 0.4) is 0 Å². The van der Waals surface area contributed by atoms with Gasteiger partial charge in [-0.25, -0.2) is 0 Å². The molecule has 0 aliphatic heterocycles. The molecule has 2 heteroatoms. The predicted octanol–water partition coefficient (Wildman–Crippen LogP) is 4.09. The van der Waals surface area contributed by atoms with Crippen molar-refractivity contribution in [3.05, 3.63) is 58.7 Å². The molecule has 2 nitrogen and oxygen atoms in total. The summed E-state index contributed by atoms with van der Waals surface area (Å²) < 4.78 is 5.92. The van der Waals surface area contributed by atoms with E-state index >= 15 is 0 Å². The van der Waals surface area contributed by atoms with E-state index in [1.807, 2.05) is 19.1 Å². The highest BCUT2D eigenvalue weighted by molar-refractivity contribution is 5.76. The van der Waals surface area contributed by atoms with Crippen LogP contribution < -0.4 is 4.74 Å². The fraction of sp³-hybridized carbons (Fsp3) is 0.235. The molecule has 0 N–H and O–H groups in total. The molecule has 2 aromatic rings. The number of benzene rings is 2. The van der Waals surface area contributed by atoms with Crippen LogP contribution in [0, 0.1) is 6.92 Å². The van der Waals surface area contributed by atoms with Gasteiger partial charge in [0.15, 0.2) is 0 Å². The van der Waals surface area contributed by atoms with Crippen molar-refractivity contribution in [1.82, 2.24) is 0 Å². The van der Waals surface area contributed by atoms with E-state index in [0.29, 0.717) is 5.56 Å². The minimum absolute atomic E-state index is 0.641. The van der Waals surface area contributed by atoms with Gasteiger partial charge in [-0.2, -0.15) is 0 Å². The number of hydrogen-bond donors (Lipinski definition) is 0. The van der Waals surface area contributed by atoms with Crippen molar-refractivity contribution >= 4 is 6.29 Å². The van der Waals surface area contributed by atoms with Gasteiger partial charge in [0.05, 0.1) is 0 Å². The second-order valence-electron chi connectivity index (χ2n) is 5.03. The van der Waals surface area contributed by atoms with Crippen LogP contribution in [0.25, 0.3) is 0 Å². The molecule has 0 radical (unpaired) electrons. The molecule has 0 atom stereocenters. The molecule has 96 valence electrons. The maximum atomic E-state index is 10.8. The third kappa shape index (κ3) is 2.39. The van der Waals surface area contributed by atoms with Crippen molar-refractivity contribution in [2.45, 2.75) is 26.2 Å². The van der Waals surface area contributed by atoms with Crippen LogP contribution in [0.4, 0.5) is 0 Å². The lowest BCUT2D eigenvalue weighted by Gasteiger charge is -2.10. The van der Waals surface area contributed by atoms with E-state index in [-0.39, 0.29) is 0 Å². The quantitative estimate of drug-likeness (QED) is 0.769. The predicted molar refractivity (Wildman–Crippen MR) is 75.1 cm³/mol. The van der Waals surface area contributed by atoms with E-state index in [9.17, 15) is 4.79 Å². The van der Waals surface area contributed by atoms with Crippen LogP contribution in [0.2, 0.25) is 0 Å². The van der Waals surface area contributed by atoms with Crippen molar-refractivity contribution in [3.63, 3.8) is 0 Å². The molecular weight excluding hydrogens is 236 g/mol. The van der Waals surface area contributed by atoms with Crippen LogP contribution in [0.15, 0.2) is 36.4 Å². The van der Waals surface area contributed by atoms with E-state index in [2.05, 4.69) is 12.1 Å². The van der Waals surface area contributed by atoms with Gasteiger partial charge in [-0.15, -0.1) is 0 Å². The van der Waals surface area contributed by atoms with Crippen molar-refractivity contribution < 1.29 is 9.53 Å². The first-order valence-corrected chi connectivity index (χ1v) is 6.62. The van der Waals surface area contributed by atoms with Crippen LogP contribution in [-0.2, 0) is 12.8 Å². The normalized spacial score (nSPS) is 13.1. The maximum absolute atomic E-state index is 10.8. The largest absolute Gasteiger partial charge is 0.457 e. The number of aldehydes is 1. The molecule has 0 aromatic heterocycles. The van der Waals surface area contributed by atoms with Gasteiger partial charge in [0.1, 0.15) is 17.8 Å². The van der Waals surface area contributed by atoms with E-state index in [1.54, 1.807) is 12.1 Å². The van der Waals surface area contributed by atoms with E-state index in [4.69, 9.17) is 4.74 Å². The highest BCUT2D eigenvalue weighted by atomic mass is 16.5. The lowest BCUT2D eigenvalue weighted by Crippen LogP contribution is -1.91. The SMILES string of the molecule is Cc1ccc(C=O)cc1Oc1ccc2c(c1)CCC2. The number of carbonyl (C=O) groups is 1. The molecule has 0 heterocycles. The summed E-state index contributed by atoms with van der Waals surface area (Å²) in [4.78, 5) is 10.8. The smallest absolute Gasteiger partial charge is 0.150 e. The molecule has 3 rings (SSSR count). The van der Waals surface area contributed by atoms with Gasteiger partial charge >= 0.3 is 0 Å². The highest BCUT2D eigenvalue weighted by Gasteiger charge is 2.12. The summed E-state index contributed by atoms with van der Waals surface area (Å²) in [5, 5.41) is 0. The van der Waals surface area contributed by atoms with Crippen LogP contribution in [0.5, 0.6) is 11.5 Å². The number of aryl methyl sites for hydroxylation is 3. The Kier molecular flexibility index (Phi) is 3.08. The lowest BCUT2D eigenvalue weighted by atomic mass is 10.1. The Morgan fingerprint density at radius 3 is 2.74 bits per heavy atom. The van der Waals surface area contributed by atoms with Crippen LogP contribution in [0.1, 0.15) is 33.5 Å². The van der Waals surface area contributed by atoms with E-state index in [1.165, 1.54) is 24.0 Å². The molecular formula is C17H16O2. The Bertz CT molecular complexity index is 629. The van der Waals surface area contributed by atoms with Crippen LogP contribution >= 0.6 is 0 Å². The molecule has 0 saturated carbocycles. The minimum atomic E-state index is 0.641. The van der Waals surface area contributed by atoms with Gasteiger partial charge < -0.3 is 4.74 Å². The summed E-state index contributed by atoms with van der Waals surface area (Å²) in [7, 11) is 0. The average molecular weight is 252 g/mol. The summed E-state index contributed by atoms with van der Waals surface area (Å²) in [6.07, 6.45) is 4.39. The Hall–Kier alpha value is -2.09. The lowest BCUT2D eigenvalue weighted by molar-refractivity contribution is 0.112. The van der Waals surface area contributed by atoms with Gasteiger partial charge in [0.25, 0.3) is 0 Å². The monoisotopic (exact) mass is 252 g/mol. The van der Waals surface area contributed by atoms with Gasteiger partial charge in [-0.05, 0) is 61.1 Å². The fourth-order valence-electron chi connectivity index (χ4n) is 2.54. The van der Waals surface area contributed by atoms with E-state index in [0.717, 1.165) is 29.8 Å². The van der Waals surface area contributed by atoms with Crippen molar-refractivity contribution in [2.75, 3.05) is 0 Å². The molecule has 0 bridgehead atoms. The third-order valence-corrected chi connectivity index (χ3v) is 3.65. The molecule has 0 spiro atoms. The summed E-state index contributed by atoms with van der Waals surface area (Å²) >= 11 is 0. The van der Waals surface area contributed by atoms with E-state index < -0.39 is 0 Å². The Balaban J connectivity index is 1.90. The summed E-state index contributed by atoms with van der Waals surface area (Å²) in [6.45, 7) is 1.98. The number of hydrogen-bond acceptors (Lipinski definition) is 2. The first-order valence-electron chi connectivity index (χ1n) is 6.62. The summed E-state index contributed by atoms with van der Waals surface area (Å²) in [5.41, 5.74) is 4.50. The van der Waals surface area contributed by atoms with Gasteiger partial charge in [-0.3, -0.25) is 4.79 Å². The molecule has 1 aliphatic rings. The van der Waals surface area contributed by atoms with Gasteiger partial charge in [0.2, 0.25) is 0 Å². The molecule has 0 fully saturated rings. The summed E-state index contributed by atoms with van der Waals surface area (Å²) in [6, 6.07) is 11.8. The van der Waals surface area contributed by atoms with Crippen molar-refractivity contribution in [2.24, 2.45) is 0 Å². The van der Waals surface area contributed by atoms with Gasteiger partial charge in [0, 0.05) is 5.56 Å². The maximum Gasteiger partial charge on any atom is 0.150 e. The second kappa shape index (κ2) is 4.88. The summed E-state index contributed by atoms with van der Waals surface area (Å²) in [5.74, 6) is 1.61. The average Bonchev–Trinajstić information content (AvgIpc) is 2.89. The Labute approximate surface area is 113 Å². The third-order valence-electron chi connectivity index (χ3n) is 3.65. The molecule has 0 amide bonds. The Morgan fingerprint density at radius 1 is 1.05 bits per heavy atom. The molecule has 1 aliphatic carbocycles. The molecule has 0 saturated heterocycles. The topological polar surface area (TPSA) is 26.3 Å². The number of fused-ring (bicyclic) bond motifs is 1. The highest BCUT2D eigenvalue weighted by Crippen LogP contribution is 2.30. The van der Waals surface area contributed by atoms with Gasteiger partial charge in [-0.1, -0.05) is 18.2 Å². The number of carbonyl (C=O) groups excluding carboxylic acids is 1. The first-order chi connectivity index (χ1) is 9.26. The van der Waals surface area contributed by atoms with Crippen molar-refractivity contribution in [3.8, 4) is 11.5 Å². The first kappa shape index (κ1) is 12.0. The zero-order valence-corrected chi connectivity index (χ0v) is 11.0. The standard InChI is InChI=1S/C17H16O2/c1-12-5-6-13(11-18)9-17(12)19-16-8-7-14-3-2-4-15(14)10-16/h5-11H,2-4H2,1H3. The Morgan fingerprint density at radius 2 is 1.89 bits per heavy atom.